The SMILES string of the molecule is O=C(C1CCC(OC2CCC2)CC1)N1Cc2cccnc2Nc2ccc(N3CCOCC3)cc21. The number of fused-ring (bicyclic) bond motifs is 2. The molecule has 3 heterocycles. The number of morpholine rings is 1. The van der Waals surface area contributed by atoms with Crippen LogP contribution in [-0.2, 0) is 20.8 Å². The molecule has 6 rings (SSSR count). The van der Waals surface area contributed by atoms with Gasteiger partial charge in [-0.05, 0) is 69.2 Å². The second-order valence-electron chi connectivity index (χ2n) is 10.0. The van der Waals surface area contributed by atoms with Crippen LogP contribution in [0.15, 0.2) is 36.5 Å². The van der Waals surface area contributed by atoms with Gasteiger partial charge >= 0.3 is 0 Å². The lowest BCUT2D eigenvalue weighted by Crippen LogP contribution is -2.39. The highest BCUT2D eigenvalue weighted by Gasteiger charge is 2.34. The van der Waals surface area contributed by atoms with Gasteiger partial charge < -0.3 is 24.6 Å². The van der Waals surface area contributed by atoms with Crippen LogP contribution in [0.25, 0.3) is 0 Å². The minimum atomic E-state index is 0.0411. The standard InChI is InChI=1S/C27H34N4O3/c32-27(19-6-9-23(10-7-19)34-22-4-1-5-22)31-18-20-3-2-12-28-26(20)29-24-11-8-21(17-25(24)31)30-13-15-33-16-14-30/h2-3,8,11-12,17,19,22-23H,1,4-7,9-10,13-16,18H2,(H,28,29). The second kappa shape index (κ2) is 9.55. The van der Waals surface area contributed by atoms with Crippen LogP contribution in [0, 0.1) is 5.92 Å². The van der Waals surface area contributed by atoms with Gasteiger partial charge in [0.2, 0.25) is 5.91 Å². The Kier molecular flexibility index (Phi) is 6.14. The van der Waals surface area contributed by atoms with E-state index in [9.17, 15) is 4.79 Å². The van der Waals surface area contributed by atoms with Crippen LogP contribution >= 0.6 is 0 Å². The third-order valence-corrected chi connectivity index (χ3v) is 7.85. The molecule has 180 valence electrons. The molecule has 0 atom stereocenters. The molecular weight excluding hydrogens is 428 g/mol. The molecule has 2 aromatic rings. The molecule has 7 heteroatoms. The molecule has 4 aliphatic rings. The van der Waals surface area contributed by atoms with E-state index in [0.717, 1.165) is 80.4 Å². The molecule has 1 aromatic carbocycles. The van der Waals surface area contributed by atoms with Gasteiger partial charge in [-0.25, -0.2) is 4.98 Å². The Morgan fingerprint density at radius 1 is 1.03 bits per heavy atom. The summed E-state index contributed by atoms with van der Waals surface area (Å²) in [5, 5.41) is 3.49. The predicted octanol–water partition coefficient (Wildman–Crippen LogP) is 4.64. The molecule has 1 amide bonds. The zero-order valence-electron chi connectivity index (χ0n) is 19.7. The Morgan fingerprint density at radius 2 is 1.82 bits per heavy atom. The Labute approximate surface area is 201 Å². The number of carbonyl (C=O) groups is 1. The van der Waals surface area contributed by atoms with Crippen LogP contribution in [0.5, 0.6) is 0 Å². The van der Waals surface area contributed by atoms with Gasteiger partial charge in [0.1, 0.15) is 5.82 Å². The Hall–Kier alpha value is -2.64. The van der Waals surface area contributed by atoms with Crippen molar-refractivity contribution in [3.63, 3.8) is 0 Å². The first kappa shape index (κ1) is 21.9. The third kappa shape index (κ3) is 4.39. The summed E-state index contributed by atoms with van der Waals surface area (Å²) in [5.74, 6) is 1.09. The maximum absolute atomic E-state index is 14.0. The number of nitrogens with one attached hydrogen (secondary N) is 1. The van der Waals surface area contributed by atoms with Crippen molar-refractivity contribution in [2.45, 2.75) is 63.7 Å². The fourth-order valence-electron chi connectivity index (χ4n) is 5.57. The van der Waals surface area contributed by atoms with Gasteiger partial charge in [0.15, 0.2) is 0 Å². The van der Waals surface area contributed by atoms with Crippen LogP contribution in [0.2, 0.25) is 0 Å². The van der Waals surface area contributed by atoms with Crippen LogP contribution in [0.4, 0.5) is 22.9 Å². The van der Waals surface area contributed by atoms with Gasteiger partial charge in [-0.2, -0.15) is 0 Å². The van der Waals surface area contributed by atoms with E-state index in [1.165, 1.54) is 19.3 Å². The number of benzene rings is 1. The highest BCUT2D eigenvalue weighted by atomic mass is 16.5. The van der Waals surface area contributed by atoms with E-state index in [-0.39, 0.29) is 11.8 Å². The van der Waals surface area contributed by atoms with Gasteiger partial charge in [0.05, 0.1) is 43.3 Å². The minimum absolute atomic E-state index is 0.0411. The number of pyridine rings is 1. The smallest absolute Gasteiger partial charge is 0.230 e. The number of carbonyl (C=O) groups excluding carboxylic acids is 1. The number of hydrogen-bond donors (Lipinski definition) is 1. The van der Waals surface area contributed by atoms with E-state index in [1.54, 1.807) is 6.20 Å². The van der Waals surface area contributed by atoms with Crippen LogP contribution in [0.1, 0.15) is 50.5 Å². The number of amides is 1. The molecule has 7 nitrogen and oxygen atoms in total. The number of ether oxygens (including phenoxy) is 2. The molecule has 0 unspecified atom stereocenters. The van der Waals surface area contributed by atoms with Gasteiger partial charge in [0, 0.05) is 36.5 Å². The first-order valence-electron chi connectivity index (χ1n) is 12.9. The van der Waals surface area contributed by atoms with Crippen molar-refractivity contribution in [1.82, 2.24) is 4.98 Å². The monoisotopic (exact) mass is 462 g/mol. The topological polar surface area (TPSA) is 66.9 Å². The van der Waals surface area contributed by atoms with E-state index in [1.807, 2.05) is 11.0 Å². The summed E-state index contributed by atoms with van der Waals surface area (Å²) in [5.41, 5.74) is 4.06. The molecule has 1 saturated heterocycles. The Morgan fingerprint density at radius 3 is 2.59 bits per heavy atom. The van der Waals surface area contributed by atoms with E-state index in [2.05, 4.69) is 39.5 Å². The number of hydrogen-bond acceptors (Lipinski definition) is 6. The molecule has 1 N–H and O–H groups in total. The van der Waals surface area contributed by atoms with Crippen molar-refractivity contribution in [2.24, 2.45) is 5.92 Å². The van der Waals surface area contributed by atoms with Gasteiger partial charge in [0.25, 0.3) is 0 Å². The largest absolute Gasteiger partial charge is 0.378 e. The third-order valence-electron chi connectivity index (χ3n) is 7.85. The fourth-order valence-corrected chi connectivity index (χ4v) is 5.57. The summed E-state index contributed by atoms with van der Waals surface area (Å²) in [4.78, 5) is 22.9. The average molecular weight is 463 g/mol. The van der Waals surface area contributed by atoms with E-state index < -0.39 is 0 Å². The number of aromatic nitrogens is 1. The minimum Gasteiger partial charge on any atom is -0.378 e. The first-order valence-corrected chi connectivity index (χ1v) is 12.9. The molecule has 2 aliphatic heterocycles. The normalized spacial score (nSPS) is 24.9. The highest BCUT2D eigenvalue weighted by molar-refractivity contribution is 6.00. The lowest BCUT2D eigenvalue weighted by molar-refractivity contribution is -0.125. The van der Waals surface area contributed by atoms with E-state index in [4.69, 9.17) is 9.47 Å². The molecule has 34 heavy (non-hydrogen) atoms. The van der Waals surface area contributed by atoms with Crippen LogP contribution in [-0.4, -0.2) is 49.4 Å². The first-order chi connectivity index (χ1) is 16.7. The summed E-state index contributed by atoms with van der Waals surface area (Å²) in [6, 6.07) is 10.4. The predicted molar refractivity (Wildman–Crippen MR) is 133 cm³/mol. The summed E-state index contributed by atoms with van der Waals surface area (Å²) >= 11 is 0. The van der Waals surface area contributed by atoms with Gasteiger partial charge in [-0.3, -0.25) is 4.79 Å². The molecule has 2 aliphatic carbocycles. The Bertz CT molecular complexity index is 1030. The molecule has 2 saturated carbocycles. The van der Waals surface area contributed by atoms with Crippen molar-refractivity contribution in [3.05, 3.63) is 42.1 Å². The zero-order valence-corrected chi connectivity index (χ0v) is 19.7. The summed E-state index contributed by atoms with van der Waals surface area (Å²) in [7, 11) is 0. The Balaban J connectivity index is 1.26. The fraction of sp³-hybridized carbons (Fsp3) is 0.556. The van der Waals surface area contributed by atoms with Crippen molar-refractivity contribution in [3.8, 4) is 0 Å². The second-order valence-corrected chi connectivity index (χ2v) is 10.0. The van der Waals surface area contributed by atoms with Gasteiger partial charge in [-0.1, -0.05) is 6.07 Å². The van der Waals surface area contributed by atoms with Crippen LogP contribution in [0.3, 0.4) is 0 Å². The maximum atomic E-state index is 14.0. The molecule has 1 aromatic heterocycles. The molecule has 3 fully saturated rings. The van der Waals surface area contributed by atoms with E-state index in [0.29, 0.717) is 18.8 Å². The quantitative estimate of drug-likeness (QED) is 0.714. The van der Waals surface area contributed by atoms with Gasteiger partial charge in [-0.15, -0.1) is 0 Å². The van der Waals surface area contributed by atoms with E-state index >= 15 is 0 Å². The number of rotatable bonds is 4. The maximum Gasteiger partial charge on any atom is 0.230 e. The van der Waals surface area contributed by atoms with Crippen LogP contribution < -0.4 is 15.1 Å². The summed E-state index contributed by atoms with van der Waals surface area (Å²) in [6.07, 6.45) is 10.1. The molecule has 0 spiro atoms. The molecule has 0 bridgehead atoms. The lowest BCUT2D eigenvalue weighted by Gasteiger charge is -2.36. The summed E-state index contributed by atoms with van der Waals surface area (Å²) < 4.78 is 11.8. The zero-order chi connectivity index (χ0) is 22.9. The van der Waals surface area contributed by atoms with Crippen molar-refractivity contribution >= 4 is 28.8 Å². The van der Waals surface area contributed by atoms with Crippen molar-refractivity contribution in [1.29, 1.82) is 0 Å². The lowest BCUT2D eigenvalue weighted by atomic mass is 9.85. The molecule has 0 radical (unpaired) electrons. The molecular formula is C27H34N4O3. The average Bonchev–Trinajstić information content (AvgIpc) is 3.03. The number of nitrogens with zero attached hydrogens (tertiary/aromatic N) is 3. The van der Waals surface area contributed by atoms with Crippen molar-refractivity contribution < 1.29 is 14.3 Å². The highest BCUT2D eigenvalue weighted by Crippen LogP contribution is 2.40. The number of anilines is 4. The summed E-state index contributed by atoms with van der Waals surface area (Å²) in [6.45, 7) is 3.74. The van der Waals surface area contributed by atoms with Crippen molar-refractivity contribution in [2.75, 3.05) is 41.4 Å².